The first-order valence-electron chi connectivity index (χ1n) is 5.94. The number of rotatable bonds is 3. The summed E-state index contributed by atoms with van der Waals surface area (Å²) in [6.07, 6.45) is 3.45. The van der Waals surface area contributed by atoms with Gasteiger partial charge in [-0.25, -0.2) is 0 Å². The van der Waals surface area contributed by atoms with Crippen molar-refractivity contribution in [2.45, 2.75) is 46.1 Å². The van der Waals surface area contributed by atoms with Crippen molar-refractivity contribution in [3.8, 4) is 0 Å². The van der Waals surface area contributed by atoms with E-state index in [4.69, 9.17) is 5.73 Å². The van der Waals surface area contributed by atoms with Crippen LogP contribution in [0.25, 0.3) is 0 Å². The molecule has 3 N–H and O–H groups in total. The molecular formula is C12H25NO. The first kappa shape index (κ1) is 12.0. The van der Waals surface area contributed by atoms with Gasteiger partial charge in [-0.15, -0.1) is 0 Å². The van der Waals surface area contributed by atoms with E-state index >= 15 is 0 Å². The number of nitrogens with two attached hydrogens (primary N) is 1. The van der Waals surface area contributed by atoms with Gasteiger partial charge in [-0.05, 0) is 36.5 Å². The maximum atomic E-state index is 9.89. The van der Waals surface area contributed by atoms with Gasteiger partial charge in [0.15, 0.2) is 0 Å². The Morgan fingerprint density at radius 1 is 1.29 bits per heavy atom. The molecule has 2 nitrogen and oxygen atoms in total. The highest BCUT2D eigenvalue weighted by molar-refractivity contribution is 4.85. The lowest BCUT2D eigenvalue weighted by molar-refractivity contribution is 0.0211. The zero-order chi connectivity index (χ0) is 10.7. The minimum absolute atomic E-state index is 0.287. The molecule has 0 radical (unpaired) electrons. The predicted octanol–water partition coefficient (Wildman–Crippen LogP) is 2.01. The molecule has 1 aliphatic carbocycles. The van der Waals surface area contributed by atoms with E-state index in [1.807, 2.05) is 0 Å². The molecule has 0 aromatic heterocycles. The third-order valence-corrected chi connectivity index (χ3v) is 3.81. The van der Waals surface area contributed by atoms with Crippen LogP contribution in [0.3, 0.4) is 0 Å². The van der Waals surface area contributed by atoms with Crippen LogP contribution in [0.1, 0.15) is 40.0 Å². The Balaban J connectivity index is 2.63. The quantitative estimate of drug-likeness (QED) is 0.730. The van der Waals surface area contributed by atoms with Crippen LogP contribution in [0.15, 0.2) is 0 Å². The summed E-state index contributed by atoms with van der Waals surface area (Å²) in [6, 6.07) is 0. The summed E-state index contributed by atoms with van der Waals surface area (Å²) in [5.41, 5.74) is 5.56. The van der Waals surface area contributed by atoms with Crippen LogP contribution in [0.4, 0.5) is 0 Å². The molecule has 0 heterocycles. The van der Waals surface area contributed by atoms with Gasteiger partial charge in [0.1, 0.15) is 0 Å². The fourth-order valence-corrected chi connectivity index (χ4v) is 2.89. The van der Waals surface area contributed by atoms with E-state index in [9.17, 15) is 5.11 Å². The average Bonchev–Trinajstić information content (AvgIpc) is 2.16. The molecule has 0 aliphatic heterocycles. The number of aliphatic hydroxyl groups excluding tert-OH is 1. The van der Waals surface area contributed by atoms with Gasteiger partial charge in [0.05, 0.1) is 6.10 Å². The van der Waals surface area contributed by atoms with Gasteiger partial charge in [-0.2, -0.15) is 0 Å². The summed E-state index contributed by atoms with van der Waals surface area (Å²) in [7, 11) is 0. The number of aliphatic hydroxyl groups is 1. The second kappa shape index (κ2) is 5.13. The molecule has 0 aromatic carbocycles. The Labute approximate surface area is 87.9 Å². The first-order valence-corrected chi connectivity index (χ1v) is 5.94. The Kier molecular flexibility index (Phi) is 4.39. The second-order valence-corrected chi connectivity index (χ2v) is 5.29. The van der Waals surface area contributed by atoms with Crippen LogP contribution in [0.2, 0.25) is 0 Å². The van der Waals surface area contributed by atoms with Crippen LogP contribution in [0.5, 0.6) is 0 Å². The van der Waals surface area contributed by atoms with Gasteiger partial charge < -0.3 is 10.8 Å². The maximum absolute atomic E-state index is 9.89. The monoisotopic (exact) mass is 199 g/mol. The van der Waals surface area contributed by atoms with E-state index in [0.717, 1.165) is 12.3 Å². The highest BCUT2D eigenvalue weighted by Gasteiger charge is 2.34. The molecule has 0 aromatic rings. The van der Waals surface area contributed by atoms with E-state index in [1.54, 1.807) is 0 Å². The molecule has 0 bridgehead atoms. The molecular weight excluding hydrogens is 174 g/mol. The predicted molar refractivity (Wildman–Crippen MR) is 59.9 cm³/mol. The van der Waals surface area contributed by atoms with Gasteiger partial charge in [0.25, 0.3) is 0 Å². The minimum Gasteiger partial charge on any atom is -0.392 e. The van der Waals surface area contributed by atoms with Crippen molar-refractivity contribution < 1.29 is 5.11 Å². The minimum atomic E-state index is -0.287. The van der Waals surface area contributed by atoms with Gasteiger partial charge in [-0.1, -0.05) is 27.2 Å². The van der Waals surface area contributed by atoms with Crippen molar-refractivity contribution in [1.29, 1.82) is 0 Å². The average molecular weight is 199 g/mol. The van der Waals surface area contributed by atoms with Crippen molar-refractivity contribution >= 4 is 0 Å². The Morgan fingerprint density at radius 3 is 2.43 bits per heavy atom. The topological polar surface area (TPSA) is 46.2 Å². The van der Waals surface area contributed by atoms with Gasteiger partial charge in [-0.3, -0.25) is 0 Å². The number of hydrogen-bond acceptors (Lipinski definition) is 2. The lowest BCUT2D eigenvalue weighted by Gasteiger charge is -2.39. The van der Waals surface area contributed by atoms with Crippen LogP contribution in [0, 0.1) is 23.7 Å². The van der Waals surface area contributed by atoms with Crippen LogP contribution in [-0.4, -0.2) is 17.8 Å². The molecule has 1 aliphatic rings. The SMILES string of the molecule is CC1CCC(C(C)C)C(C(O)CN)C1. The molecule has 1 fully saturated rings. The summed E-state index contributed by atoms with van der Waals surface area (Å²) in [5.74, 6) is 2.54. The third kappa shape index (κ3) is 2.71. The zero-order valence-corrected chi connectivity index (χ0v) is 9.74. The summed E-state index contributed by atoms with van der Waals surface area (Å²) >= 11 is 0. The summed E-state index contributed by atoms with van der Waals surface area (Å²) in [4.78, 5) is 0. The molecule has 0 spiro atoms. The lowest BCUT2D eigenvalue weighted by Crippen LogP contribution is -2.39. The third-order valence-electron chi connectivity index (χ3n) is 3.81. The summed E-state index contributed by atoms with van der Waals surface area (Å²) in [6.45, 7) is 7.22. The van der Waals surface area contributed by atoms with Crippen molar-refractivity contribution in [3.63, 3.8) is 0 Å². The zero-order valence-electron chi connectivity index (χ0n) is 9.74. The largest absolute Gasteiger partial charge is 0.392 e. The molecule has 0 amide bonds. The molecule has 4 atom stereocenters. The second-order valence-electron chi connectivity index (χ2n) is 5.29. The van der Waals surface area contributed by atoms with Gasteiger partial charge in [0, 0.05) is 6.54 Å². The van der Waals surface area contributed by atoms with E-state index < -0.39 is 0 Å². The maximum Gasteiger partial charge on any atom is 0.0693 e. The van der Waals surface area contributed by atoms with Crippen LogP contribution < -0.4 is 5.73 Å². The molecule has 0 saturated heterocycles. The Bertz CT molecular complexity index is 170. The van der Waals surface area contributed by atoms with E-state index in [2.05, 4.69) is 20.8 Å². The Hall–Kier alpha value is -0.0800. The van der Waals surface area contributed by atoms with E-state index in [0.29, 0.717) is 24.3 Å². The van der Waals surface area contributed by atoms with Crippen LogP contribution in [-0.2, 0) is 0 Å². The standard InChI is InChI=1S/C12H25NO/c1-8(2)10-5-4-9(3)6-11(10)12(14)7-13/h8-12,14H,4-7,13H2,1-3H3. The summed E-state index contributed by atoms with van der Waals surface area (Å²) < 4.78 is 0. The lowest BCUT2D eigenvalue weighted by atomic mass is 9.68. The fourth-order valence-electron chi connectivity index (χ4n) is 2.89. The van der Waals surface area contributed by atoms with Crippen molar-refractivity contribution in [2.24, 2.45) is 29.4 Å². The smallest absolute Gasteiger partial charge is 0.0693 e. The Morgan fingerprint density at radius 2 is 1.93 bits per heavy atom. The molecule has 1 rings (SSSR count). The van der Waals surface area contributed by atoms with Gasteiger partial charge in [0.2, 0.25) is 0 Å². The summed E-state index contributed by atoms with van der Waals surface area (Å²) in [5, 5.41) is 9.89. The highest BCUT2D eigenvalue weighted by atomic mass is 16.3. The molecule has 2 heteroatoms. The number of hydrogen-bond donors (Lipinski definition) is 2. The molecule has 4 unspecified atom stereocenters. The van der Waals surface area contributed by atoms with Crippen molar-refractivity contribution in [3.05, 3.63) is 0 Å². The van der Waals surface area contributed by atoms with Crippen molar-refractivity contribution in [2.75, 3.05) is 6.54 Å². The van der Waals surface area contributed by atoms with Crippen molar-refractivity contribution in [1.82, 2.24) is 0 Å². The molecule has 1 saturated carbocycles. The molecule has 84 valence electrons. The first-order chi connectivity index (χ1) is 6.56. The van der Waals surface area contributed by atoms with E-state index in [1.165, 1.54) is 12.8 Å². The van der Waals surface area contributed by atoms with E-state index in [-0.39, 0.29) is 6.10 Å². The molecule has 14 heavy (non-hydrogen) atoms. The normalized spacial score (nSPS) is 36.0. The van der Waals surface area contributed by atoms with Crippen LogP contribution >= 0.6 is 0 Å². The van der Waals surface area contributed by atoms with Gasteiger partial charge >= 0.3 is 0 Å². The highest BCUT2D eigenvalue weighted by Crippen LogP contribution is 2.39. The fraction of sp³-hybridized carbons (Fsp3) is 1.00.